The molecule has 0 bridgehead atoms. The molecule has 0 unspecified atom stereocenters. The molecule has 126 valence electrons. The van der Waals surface area contributed by atoms with Crippen LogP contribution in [0.15, 0.2) is 65.3 Å². The van der Waals surface area contributed by atoms with Crippen LogP contribution >= 0.6 is 0 Å². The van der Waals surface area contributed by atoms with Crippen LogP contribution in [0.25, 0.3) is 0 Å². The Morgan fingerprint density at radius 3 is 2.09 bits per heavy atom. The van der Waals surface area contributed by atoms with Crippen LogP contribution in [0.1, 0.15) is 58.9 Å². The molecule has 1 aromatic rings. The van der Waals surface area contributed by atoms with Gasteiger partial charge < -0.3 is 5.32 Å². The minimum absolute atomic E-state index is 0.938. The van der Waals surface area contributed by atoms with Crippen LogP contribution in [-0.2, 0) is 6.54 Å². The highest BCUT2D eigenvalue weighted by atomic mass is 14.8. The van der Waals surface area contributed by atoms with Crippen LogP contribution < -0.4 is 5.32 Å². The van der Waals surface area contributed by atoms with E-state index in [2.05, 4.69) is 81.6 Å². The first-order valence-corrected chi connectivity index (χ1v) is 8.77. The molecule has 1 rings (SSSR count). The Kier molecular flexibility index (Phi) is 10.1. The van der Waals surface area contributed by atoms with Crippen molar-refractivity contribution in [3.8, 4) is 0 Å². The third-order valence-electron chi connectivity index (χ3n) is 3.89. The molecular weight excluding hydrogens is 278 g/mol. The van der Waals surface area contributed by atoms with Crippen molar-refractivity contribution in [1.82, 2.24) is 5.32 Å². The van der Waals surface area contributed by atoms with Gasteiger partial charge in [0.25, 0.3) is 0 Å². The third-order valence-corrected chi connectivity index (χ3v) is 3.89. The van der Waals surface area contributed by atoms with Gasteiger partial charge in [0.1, 0.15) is 0 Å². The molecule has 0 saturated heterocycles. The second kappa shape index (κ2) is 11.9. The van der Waals surface area contributed by atoms with Crippen LogP contribution in [0.4, 0.5) is 0 Å². The molecule has 0 aliphatic carbocycles. The molecular formula is C22H33N. The van der Waals surface area contributed by atoms with Crippen molar-refractivity contribution < 1.29 is 0 Å². The Balaban J connectivity index is 2.17. The fraction of sp³-hybridized carbons (Fsp3) is 0.455. The van der Waals surface area contributed by atoms with E-state index in [-0.39, 0.29) is 0 Å². The highest BCUT2D eigenvalue weighted by Crippen LogP contribution is 2.11. The van der Waals surface area contributed by atoms with E-state index in [9.17, 15) is 0 Å². The van der Waals surface area contributed by atoms with E-state index < -0.39 is 0 Å². The van der Waals surface area contributed by atoms with Crippen molar-refractivity contribution in [3.05, 3.63) is 70.8 Å². The quantitative estimate of drug-likeness (QED) is 0.401. The molecule has 1 N–H and O–H groups in total. The number of benzene rings is 1. The number of nitrogens with one attached hydrogen (secondary N) is 1. The minimum atomic E-state index is 0.938. The van der Waals surface area contributed by atoms with Gasteiger partial charge in [-0.15, -0.1) is 0 Å². The summed E-state index contributed by atoms with van der Waals surface area (Å²) in [5, 5.41) is 3.47. The van der Waals surface area contributed by atoms with Gasteiger partial charge in [0.15, 0.2) is 0 Å². The molecule has 0 aromatic heterocycles. The van der Waals surface area contributed by atoms with Crippen LogP contribution in [0.2, 0.25) is 0 Å². The third kappa shape index (κ3) is 10.7. The van der Waals surface area contributed by atoms with Crippen molar-refractivity contribution in [2.24, 2.45) is 0 Å². The largest absolute Gasteiger partial charge is 0.309 e. The summed E-state index contributed by atoms with van der Waals surface area (Å²) in [7, 11) is 0. The van der Waals surface area contributed by atoms with Gasteiger partial charge in [0.2, 0.25) is 0 Å². The first-order valence-electron chi connectivity index (χ1n) is 8.77. The summed E-state index contributed by atoms with van der Waals surface area (Å²) in [5.74, 6) is 0. The first kappa shape index (κ1) is 19.4. The van der Waals surface area contributed by atoms with E-state index in [4.69, 9.17) is 0 Å². The summed E-state index contributed by atoms with van der Waals surface area (Å²) in [5.41, 5.74) is 5.74. The van der Waals surface area contributed by atoms with Crippen molar-refractivity contribution in [2.45, 2.75) is 59.9 Å². The Hall–Kier alpha value is -1.60. The molecule has 0 radical (unpaired) electrons. The lowest BCUT2D eigenvalue weighted by Crippen LogP contribution is -2.13. The van der Waals surface area contributed by atoms with Crippen LogP contribution in [0.5, 0.6) is 0 Å². The lowest BCUT2D eigenvalue weighted by Gasteiger charge is -2.04. The van der Waals surface area contributed by atoms with E-state index >= 15 is 0 Å². The summed E-state index contributed by atoms with van der Waals surface area (Å²) < 4.78 is 0. The predicted octanol–water partition coefficient (Wildman–Crippen LogP) is 6.20. The van der Waals surface area contributed by atoms with Gasteiger partial charge in [-0.3, -0.25) is 0 Å². The number of hydrogen-bond donors (Lipinski definition) is 1. The number of hydrogen-bond acceptors (Lipinski definition) is 1. The zero-order valence-electron chi connectivity index (χ0n) is 15.4. The molecule has 0 amide bonds. The molecule has 0 aliphatic heterocycles. The molecule has 0 saturated carbocycles. The maximum atomic E-state index is 3.47. The SMILES string of the molecule is CC(C)=CCC/C(C)=C/CC/C(C)=C/CNCc1ccccc1. The summed E-state index contributed by atoms with van der Waals surface area (Å²) in [6.45, 7) is 10.7. The average molecular weight is 312 g/mol. The molecule has 0 heterocycles. The maximum absolute atomic E-state index is 3.47. The molecule has 0 atom stereocenters. The first-order chi connectivity index (χ1) is 11.1. The fourth-order valence-corrected chi connectivity index (χ4v) is 2.40. The number of rotatable bonds is 10. The zero-order valence-corrected chi connectivity index (χ0v) is 15.4. The molecule has 1 heteroatoms. The Morgan fingerprint density at radius 2 is 1.43 bits per heavy atom. The van der Waals surface area contributed by atoms with E-state index in [1.807, 2.05) is 0 Å². The van der Waals surface area contributed by atoms with E-state index in [1.54, 1.807) is 0 Å². The van der Waals surface area contributed by atoms with Gasteiger partial charge in [-0.1, -0.05) is 65.3 Å². The Morgan fingerprint density at radius 1 is 0.826 bits per heavy atom. The monoisotopic (exact) mass is 311 g/mol. The van der Waals surface area contributed by atoms with Crippen molar-refractivity contribution >= 4 is 0 Å². The fourth-order valence-electron chi connectivity index (χ4n) is 2.40. The standard InChI is InChI=1S/C22H33N/c1-19(2)10-8-11-20(3)12-9-13-21(4)16-17-23-18-22-14-6-5-7-15-22/h5-7,10,12,14-16,23H,8-9,11,13,17-18H2,1-4H3/b20-12+,21-16+. The average Bonchev–Trinajstić information content (AvgIpc) is 2.52. The van der Waals surface area contributed by atoms with Crippen molar-refractivity contribution in [1.29, 1.82) is 0 Å². The predicted molar refractivity (Wildman–Crippen MR) is 104 cm³/mol. The molecule has 1 aromatic carbocycles. The smallest absolute Gasteiger partial charge is 0.0208 e. The van der Waals surface area contributed by atoms with Crippen molar-refractivity contribution in [3.63, 3.8) is 0 Å². The van der Waals surface area contributed by atoms with Gasteiger partial charge >= 0.3 is 0 Å². The molecule has 0 aliphatic rings. The lowest BCUT2D eigenvalue weighted by molar-refractivity contribution is 0.753. The second-order valence-electron chi connectivity index (χ2n) is 6.58. The lowest BCUT2D eigenvalue weighted by atomic mass is 10.1. The van der Waals surface area contributed by atoms with Gasteiger partial charge in [-0.05, 0) is 58.9 Å². The van der Waals surface area contributed by atoms with Gasteiger partial charge in [-0.25, -0.2) is 0 Å². The molecule has 0 spiro atoms. The van der Waals surface area contributed by atoms with Crippen LogP contribution in [0, 0.1) is 0 Å². The van der Waals surface area contributed by atoms with Gasteiger partial charge in [-0.2, -0.15) is 0 Å². The second-order valence-corrected chi connectivity index (χ2v) is 6.58. The van der Waals surface area contributed by atoms with Gasteiger partial charge in [0, 0.05) is 13.1 Å². The zero-order chi connectivity index (χ0) is 16.9. The molecule has 0 fully saturated rings. The molecule has 23 heavy (non-hydrogen) atoms. The maximum Gasteiger partial charge on any atom is 0.0208 e. The molecule has 1 nitrogen and oxygen atoms in total. The van der Waals surface area contributed by atoms with Gasteiger partial charge in [0.05, 0.1) is 0 Å². The summed E-state index contributed by atoms with van der Waals surface area (Å²) in [4.78, 5) is 0. The van der Waals surface area contributed by atoms with E-state index in [0.29, 0.717) is 0 Å². The van der Waals surface area contributed by atoms with Crippen LogP contribution in [-0.4, -0.2) is 6.54 Å². The minimum Gasteiger partial charge on any atom is -0.309 e. The van der Waals surface area contributed by atoms with Crippen LogP contribution in [0.3, 0.4) is 0 Å². The topological polar surface area (TPSA) is 12.0 Å². The highest BCUT2D eigenvalue weighted by Gasteiger charge is 1.93. The highest BCUT2D eigenvalue weighted by molar-refractivity contribution is 5.14. The summed E-state index contributed by atoms with van der Waals surface area (Å²) in [6.07, 6.45) is 11.7. The van der Waals surface area contributed by atoms with E-state index in [0.717, 1.165) is 25.9 Å². The Bertz CT molecular complexity index is 516. The normalized spacial score (nSPS) is 12.3. The summed E-state index contributed by atoms with van der Waals surface area (Å²) in [6, 6.07) is 10.6. The van der Waals surface area contributed by atoms with E-state index in [1.165, 1.54) is 35.1 Å². The Labute approximate surface area is 143 Å². The summed E-state index contributed by atoms with van der Waals surface area (Å²) >= 11 is 0. The number of allylic oxidation sites excluding steroid dienone is 5. The van der Waals surface area contributed by atoms with Crippen molar-refractivity contribution in [2.75, 3.05) is 6.54 Å².